The zero-order valence-corrected chi connectivity index (χ0v) is 21.8. The van der Waals surface area contributed by atoms with Gasteiger partial charge in [0.1, 0.15) is 48.4 Å². The van der Waals surface area contributed by atoms with Gasteiger partial charge in [-0.25, -0.2) is 18.7 Å². The number of aliphatic carboxylic acids is 1. The molecule has 2 atom stereocenters. The summed E-state index contributed by atoms with van der Waals surface area (Å²) < 4.78 is 8.76. The Hall–Kier alpha value is -3.95. The number of hydrogen-bond donors (Lipinski definition) is 3. The molecule has 0 aliphatic carbocycles. The maximum atomic E-state index is 13.1. The zero-order valence-electron chi connectivity index (χ0n) is 20.1. The van der Waals surface area contributed by atoms with Crippen LogP contribution in [0.3, 0.4) is 0 Å². The van der Waals surface area contributed by atoms with Crippen LogP contribution in [0.1, 0.15) is 5.69 Å². The van der Waals surface area contributed by atoms with E-state index in [0.717, 1.165) is 17.0 Å². The second kappa shape index (κ2) is 10.8. The SMILES string of the molecule is COCCON=C(C(=O)N[C@@H]1C(=O)N2C(C(=O)O)=C(C[n+]3ccn4ccccc43)CS[C@@H]12)c1csc(N)n1. The number of hydrogen-bond acceptors (Lipinski definition) is 10. The summed E-state index contributed by atoms with van der Waals surface area (Å²) in [5.41, 5.74) is 7.20. The summed E-state index contributed by atoms with van der Waals surface area (Å²) in [5.74, 6) is -2.02. The molecule has 5 heterocycles. The summed E-state index contributed by atoms with van der Waals surface area (Å²) in [4.78, 5) is 49.0. The van der Waals surface area contributed by atoms with Crippen molar-refractivity contribution in [3.05, 3.63) is 59.1 Å². The highest BCUT2D eigenvalue weighted by atomic mass is 32.2. The molecule has 13 nitrogen and oxygen atoms in total. The van der Waals surface area contributed by atoms with Crippen molar-refractivity contribution in [1.82, 2.24) is 19.6 Å². The standard InChI is InChI=1S/C23H23N7O6S2/c1-35-8-9-36-27-16(14-12-38-23(24)25-14)19(31)26-17-20(32)30-18(22(33)34)13(11-37-21(17)30)10-29-7-6-28-5-3-2-4-15(28)29/h2-7,12,17,21H,8-11H2,1H3,(H3-,24,25,26,31,33,34)/p+1/t17-,21+/m1/s1. The topological polar surface area (TPSA) is 165 Å². The molecular formula is C23H24N7O6S2+. The van der Waals surface area contributed by atoms with Gasteiger partial charge >= 0.3 is 5.97 Å². The molecule has 0 unspecified atom stereocenters. The number of aromatic nitrogens is 3. The number of nitrogens with zero attached hydrogens (tertiary/aromatic N) is 5. The molecule has 2 amide bonds. The van der Waals surface area contributed by atoms with Crippen LogP contribution in [-0.2, 0) is 30.5 Å². The minimum atomic E-state index is -1.20. The van der Waals surface area contributed by atoms with Gasteiger partial charge in [-0.2, -0.15) is 0 Å². The van der Waals surface area contributed by atoms with Gasteiger partial charge in [0.2, 0.25) is 0 Å². The number of anilines is 1. The first kappa shape index (κ1) is 25.7. The lowest BCUT2D eigenvalue weighted by molar-refractivity contribution is -0.662. The first-order valence-electron chi connectivity index (χ1n) is 11.4. The average Bonchev–Trinajstić information content (AvgIpc) is 3.52. The van der Waals surface area contributed by atoms with Crippen molar-refractivity contribution in [2.24, 2.45) is 5.16 Å². The van der Waals surface area contributed by atoms with E-state index in [0.29, 0.717) is 17.9 Å². The number of amides is 2. The van der Waals surface area contributed by atoms with Gasteiger partial charge in [-0.3, -0.25) is 14.5 Å². The van der Waals surface area contributed by atoms with Crippen LogP contribution >= 0.6 is 23.1 Å². The fourth-order valence-corrected chi connectivity index (χ4v) is 6.11. The number of thioether (sulfide) groups is 1. The highest BCUT2D eigenvalue weighted by molar-refractivity contribution is 8.00. The smallest absolute Gasteiger partial charge is 0.352 e. The number of oxime groups is 1. The molecule has 2 aliphatic heterocycles. The van der Waals surface area contributed by atoms with E-state index in [4.69, 9.17) is 15.3 Å². The molecule has 0 spiro atoms. The van der Waals surface area contributed by atoms with Crippen molar-refractivity contribution in [3.8, 4) is 0 Å². The third-order valence-corrected chi connectivity index (χ3v) is 7.99. The first-order valence-corrected chi connectivity index (χ1v) is 13.4. The molecule has 1 saturated heterocycles. The van der Waals surface area contributed by atoms with E-state index in [9.17, 15) is 19.5 Å². The monoisotopic (exact) mass is 558 g/mol. The molecule has 3 aromatic rings. The minimum Gasteiger partial charge on any atom is -0.477 e. The number of nitrogens with two attached hydrogens (primary N) is 1. The Morgan fingerprint density at radius 1 is 1.34 bits per heavy atom. The summed E-state index contributed by atoms with van der Waals surface area (Å²) in [6, 6.07) is 4.79. The number of thiazole rings is 1. The second-order valence-electron chi connectivity index (χ2n) is 8.35. The van der Waals surface area contributed by atoms with Gasteiger partial charge in [-0.05, 0) is 6.07 Å². The quantitative estimate of drug-likeness (QED) is 0.103. The van der Waals surface area contributed by atoms with Crippen molar-refractivity contribution in [2.45, 2.75) is 18.0 Å². The summed E-state index contributed by atoms with van der Waals surface area (Å²) in [5, 5.41) is 17.8. The average molecular weight is 559 g/mol. The molecule has 0 saturated carbocycles. The molecule has 38 heavy (non-hydrogen) atoms. The van der Waals surface area contributed by atoms with Crippen molar-refractivity contribution in [1.29, 1.82) is 0 Å². The molecule has 5 rings (SSSR count). The number of ether oxygens (including phenoxy) is 1. The molecule has 198 valence electrons. The number of fused-ring (bicyclic) bond motifs is 2. The first-order chi connectivity index (χ1) is 18.4. The van der Waals surface area contributed by atoms with Crippen LogP contribution in [0.15, 0.2) is 58.6 Å². The van der Waals surface area contributed by atoms with Crippen LogP contribution in [0.5, 0.6) is 0 Å². The summed E-state index contributed by atoms with van der Waals surface area (Å²) in [6.07, 6.45) is 5.64. The Kier molecular flexibility index (Phi) is 7.31. The predicted molar refractivity (Wildman–Crippen MR) is 138 cm³/mol. The van der Waals surface area contributed by atoms with Gasteiger partial charge in [0.05, 0.1) is 12.8 Å². The van der Waals surface area contributed by atoms with Gasteiger partial charge in [-0.1, -0.05) is 11.2 Å². The van der Waals surface area contributed by atoms with E-state index in [1.165, 1.54) is 23.8 Å². The lowest BCUT2D eigenvalue weighted by Crippen LogP contribution is -2.71. The number of nitrogens with one attached hydrogen (secondary N) is 1. The summed E-state index contributed by atoms with van der Waals surface area (Å²) in [6.45, 7) is 0.673. The number of carbonyl (C=O) groups is 3. The fourth-order valence-electron chi connectivity index (χ4n) is 4.23. The summed E-state index contributed by atoms with van der Waals surface area (Å²) >= 11 is 2.52. The number of carboxylic acid groups (broad SMARTS) is 1. The van der Waals surface area contributed by atoms with Gasteiger partial charge in [0.15, 0.2) is 10.8 Å². The van der Waals surface area contributed by atoms with E-state index >= 15 is 0 Å². The lowest BCUT2D eigenvalue weighted by Gasteiger charge is -2.49. The third kappa shape index (κ3) is 4.82. The Morgan fingerprint density at radius 3 is 2.92 bits per heavy atom. The molecule has 15 heteroatoms. The predicted octanol–water partition coefficient (Wildman–Crippen LogP) is 0.0714. The van der Waals surface area contributed by atoms with Crippen LogP contribution in [0, 0.1) is 0 Å². The number of methoxy groups -OCH3 is 1. The van der Waals surface area contributed by atoms with Crippen molar-refractivity contribution in [3.63, 3.8) is 0 Å². The normalized spacial score (nSPS) is 19.3. The van der Waals surface area contributed by atoms with Crippen molar-refractivity contribution < 1.29 is 33.6 Å². The van der Waals surface area contributed by atoms with Gasteiger partial charge < -0.3 is 25.7 Å². The Morgan fingerprint density at radius 2 is 2.18 bits per heavy atom. The molecule has 4 N–H and O–H groups in total. The fraction of sp³-hybridized carbons (Fsp3) is 0.304. The number of pyridine rings is 1. The zero-order chi connectivity index (χ0) is 26.8. The van der Waals surface area contributed by atoms with E-state index in [-0.39, 0.29) is 35.4 Å². The number of rotatable bonds is 10. The van der Waals surface area contributed by atoms with Crippen molar-refractivity contribution >= 4 is 57.4 Å². The van der Waals surface area contributed by atoms with Crippen LogP contribution in [-0.4, -0.2) is 80.4 Å². The maximum absolute atomic E-state index is 13.1. The Bertz CT molecular complexity index is 1470. The molecule has 0 aromatic carbocycles. The minimum absolute atomic E-state index is 0.0592. The maximum Gasteiger partial charge on any atom is 0.352 e. The number of carboxylic acids is 1. The van der Waals surface area contributed by atoms with E-state index < -0.39 is 29.2 Å². The van der Waals surface area contributed by atoms with E-state index in [1.54, 1.807) is 5.38 Å². The Labute approximate surface area is 224 Å². The van der Waals surface area contributed by atoms with Gasteiger partial charge in [0, 0.05) is 29.9 Å². The Balaban J connectivity index is 1.34. The number of nitrogen functional groups attached to an aromatic ring is 1. The second-order valence-corrected chi connectivity index (χ2v) is 10.3. The summed E-state index contributed by atoms with van der Waals surface area (Å²) in [7, 11) is 1.50. The number of carbonyl (C=O) groups excluding carboxylic acids is 2. The van der Waals surface area contributed by atoms with Gasteiger partial charge in [-0.15, -0.1) is 23.1 Å². The molecular weight excluding hydrogens is 534 g/mol. The molecule has 0 radical (unpaired) electrons. The highest BCUT2D eigenvalue weighted by Gasteiger charge is 2.54. The number of β-lactam (4-membered cyclic amide) rings is 1. The van der Waals surface area contributed by atoms with E-state index in [2.05, 4.69) is 15.5 Å². The third-order valence-electron chi connectivity index (χ3n) is 5.98. The van der Waals surface area contributed by atoms with Crippen LogP contribution in [0.25, 0.3) is 5.65 Å². The molecule has 3 aromatic heterocycles. The lowest BCUT2D eigenvalue weighted by atomic mass is 10.0. The molecule has 2 aliphatic rings. The number of imidazole rings is 1. The molecule has 0 bridgehead atoms. The van der Waals surface area contributed by atoms with Crippen LogP contribution in [0.2, 0.25) is 0 Å². The largest absolute Gasteiger partial charge is 0.477 e. The highest BCUT2D eigenvalue weighted by Crippen LogP contribution is 2.40. The van der Waals surface area contributed by atoms with E-state index in [1.807, 2.05) is 45.8 Å². The van der Waals surface area contributed by atoms with Gasteiger partial charge in [0.25, 0.3) is 17.5 Å². The van der Waals surface area contributed by atoms with Crippen LogP contribution in [0.4, 0.5) is 5.13 Å². The van der Waals surface area contributed by atoms with Crippen LogP contribution < -0.4 is 15.6 Å². The van der Waals surface area contributed by atoms with Crippen molar-refractivity contribution in [2.75, 3.05) is 31.8 Å². The molecule has 1 fully saturated rings.